The molecule has 5 nitrogen and oxygen atoms in total. The Balaban J connectivity index is 1.54. The molecule has 172 valence electrons. The van der Waals surface area contributed by atoms with Gasteiger partial charge in [-0.2, -0.15) is 0 Å². The summed E-state index contributed by atoms with van der Waals surface area (Å²) in [5.74, 6) is 1.12. The van der Waals surface area contributed by atoms with Crippen molar-refractivity contribution >= 4 is 60.9 Å². The number of rotatable bonds is 5. The molecule has 5 aromatic rings. The van der Waals surface area contributed by atoms with Crippen molar-refractivity contribution in [3.63, 3.8) is 0 Å². The summed E-state index contributed by atoms with van der Waals surface area (Å²) >= 11 is 11.2. The number of halogens is 2. The van der Waals surface area contributed by atoms with Crippen LogP contribution in [0.4, 0.5) is 0 Å². The molecule has 0 spiro atoms. The summed E-state index contributed by atoms with van der Waals surface area (Å²) in [5, 5.41) is 0.645. The summed E-state index contributed by atoms with van der Waals surface area (Å²) in [7, 11) is 1.59. The van der Waals surface area contributed by atoms with Crippen molar-refractivity contribution in [2.24, 2.45) is 0 Å². The highest BCUT2D eigenvalue weighted by atomic mass is 79.9. The number of ether oxygens (including phenoxy) is 2. The third-order valence-electron chi connectivity index (χ3n) is 5.73. The van der Waals surface area contributed by atoms with Crippen LogP contribution in [0.5, 0.6) is 11.5 Å². The van der Waals surface area contributed by atoms with Crippen molar-refractivity contribution in [2.75, 3.05) is 7.11 Å². The van der Waals surface area contributed by atoms with Crippen LogP contribution in [0.25, 0.3) is 22.1 Å². The molecule has 3 aromatic carbocycles. The molecular formula is C26H20BrClN2O3S. The molecular weight excluding hydrogens is 536 g/mol. The van der Waals surface area contributed by atoms with E-state index in [1.165, 1.54) is 11.3 Å². The second kappa shape index (κ2) is 9.06. The highest BCUT2D eigenvalue weighted by molar-refractivity contribution is 9.10. The Kier molecular flexibility index (Phi) is 6.10. The first-order valence-corrected chi connectivity index (χ1v) is 12.5. The number of methoxy groups -OCH3 is 1. The average molecular weight is 556 g/mol. The molecule has 2 heterocycles. The second-order valence-electron chi connectivity index (χ2n) is 7.98. The van der Waals surface area contributed by atoms with E-state index in [-0.39, 0.29) is 5.56 Å². The molecule has 34 heavy (non-hydrogen) atoms. The minimum absolute atomic E-state index is 0.0834. The van der Waals surface area contributed by atoms with Crippen LogP contribution in [0.1, 0.15) is 22.3 Å². The van der Waals surface area contributed by atoms with Gasteiger partial charge in [0.15, 0.2) is 16.5 Å². The monoisotopic (exact) mass is 554 g/mol. The lowest BCUT2D eigenvalue weighted by Crippen LogP contribution is -2.22. The van der Waals surface area contributed by atoms with Crippen LogP contribution in [0, 0.1) is 13.8 Å². The van der Waals surface area contributed by atoms with E-state index >= 15 is 0 Å². The molecule has 2 aromatic heterocycles. The first-order valence-electron chi connectivity index (χ1n) is 10.5. The molecule has 0 aliphatic heterocycles. The molecule has 0 N–H and O–H groups in total. The van der Waals surface area contributed by atoms with Crippen LogP contribution >= 0.6 is 38.9 Å². The SMILES string of the molecule is COc1cc(/C=c2/sc3nc4cc(C)c(C)cc4n3c2=O)cc(Br)c1OCc1ccccc1Cl. The van der Waals surface area contributed by atoms with Crippen LogP contribution in [-0.4, -0.2) is 16.5 Å². The van der Waals surface area contributed by atoms with Gasteiger partial charge in [0.05, 0.1) is 27.1 Å². The Bertz CT molecular complexity index is 1680. The predicted molar refractivity (Wildman–Crippen MR) is 142 cm³/mol. The fourth-order valence-corrected chi connectivity index (χ4v) is 5.55. The number of hydrogen-bond acceptors (Lipinski definition) is 5. The van der Waals surface area contributed by atoms with E-state index in [0.29, 0.717) is 32.6 Å². The van der Waals surface area contributed by atoms with Gasteiger partial charge in [-0.1, -0.05) is 41.1 Å². The van der Waals surface area contributed by atoms with Gasteiger partial charge in [0.1, 0.15) is 6.61 Å². The number of hydrogen-bond donors (Lipinski definition) is 0. The van der Waals surface area contributed by atoms with Gasteiger partial charge < -0.3 is 9.47 Å². The summed E-state index contributed by atoms with van der Waals surface area (Å²) in [6, 6.07) is 15.3. The molecule has 0 amide bonds. The largest absolute Gasteiger partial charge is 0.493 e. The maximum atomic E-state index is 13.2. The number of fused-ring (bicyclic) bond motifs is 3. The minimum Gasteiger partial charge on any atom is -0.493 e. The Morgan fingerprint density at radius 3 is 2.68 bits per heavy atom. The van der Waals surface area contributed by atoms with Gasteiger partial charge >= 0.3 is 0 Å². The summed E-state index contributed by atoms with van der Waals surface area (Å²) in [4.78, 5) is 18.6. The highest BCUT2D eigenvalue weighted by Gasteiger charge is 2.15. The topological polar surface area (TPSA) is 52.8 Å². The lowest BCUT2D eigenvalue weighted by Gasteiger charge is -2.14. The third-order valence-corrected chi connectivity index (χ3v) is 7.66. The van der Waals surface area contributed by atoms with Crippen LogP contribution in [0.3, 0.4) is 0 Å². The summed E-state index contributed by atoms with van der Waals surface area (Å²) in [6.07, 6.45) is 1.85. The average Bonchev–Trinajstić information content (AvgIpc) is 3.29. The quantitative estimate of drug-likeness (QED) is 0.264. The van der Waals surface area contributed by atoms with Gasteiger partial charge in [-0.15, -0.1) is 0 Å². The highest BCUT2D eigenvalue weighted by Crippen LogP contribution is 2.37. The van der Waals surface area contributed by atoms with E-state index in [1.54, 1.807) is 11.5 Å². The van der Waals surface area contributed by atoms with E-state index in [9.17, 15) is 4.79 Å². The van der Waals surface area contributed by atoms with Gasteiger partial charge in [-0.25, -0.2) is 9.38 Å². The number of nitrogens with zero attached hydrogens (tertiary/aromatic N) is 2. The zero-order valence-corrected chi connectivity index (χ0v) is 21.8. The van der Waals surface area contributed by atoms with Crippen molar-refractivity contribution in [3.8, 4) is 11.5 Å². The van der Waals surface area contributed by atoms with Crippen molar-refractivity contribution in [2.45, 2.75) is 20.5 Å². The second-order valence-corrected chi connectivity index (χ2v) is 10.3. The van der Waals surface area contributed by atoms with Crippen molar-refractivity contribution < 1.29 is 9.47 Å². The van der Waals surface area contributed by atoms with Crippen LogP contribution < -0.4 is 19.6 Å². The van der Waals surface area contributed by atoms with Crippen molar-refractivity contribution in [3.05, 3.63) is 95.2 Å². The fourth-order valence-electron chi connectivity index (χ4n) is 3.80. The molecule has 0 bridgehead atoms. The van der Waals surface area contributed by atoms with Gasteiger partial charge in [-0.05, 0) is 82.9 Å². The predicted octanol–water partition coefficient (Wildman–Crippen LogP) is 6.08. The molecule has 0 radical (unpaired) electrons. The van der Waals surface area contributed by atoms with Crippen molar-refractivity contribution in [1.82, 2.24) is 9.38 Å². The zero-order valence-electron chi connectivity index (χ0n) is 18.7. The number of benzene rings is 3. The summed E-state index contributed by atoms with van der Waals surface area (Å²) < 4.78 is 14.6. The summed E-state index contributed by atoms with van der Waals surface area (Å²) in [6.45, 7) is 4.39. The van der Waals surface area contributed by atoms with Crippen molar-refractivity contribution in [1.29, 1.82) is 0 Å². The van der Waals surface area contributed by atoms with Gasteiger partial charge in [-0.3, -0.25) is 4.79 Å². The van der Waals surface area contributed by atoms with Crippen LogP contribution in [0.2, 0.25) is 5.02 Å². The summed E-state index contributed by atoms with van der Waals surface area (Å²) in [5.41, 5.74) is 5.57. The van der Waals surface area contributed by atoms with E-state index in [0.717, 1.165) is 37.8 Å². The van der Waals surface area contributed by atoms with Gasteiger partial charge in [0, 0.05) is 10.6 Å². The van der Waals surface area contributed by atoms with E-state index in [4.69, 9.17) is 21.1 Å². The van der Waals surface area contributed by atoms with E-state index in [1.807, 2.05) is 68.5 Å². The Hall–Kier alpha value is -2.87. The fraction of sp³-hybridized carbons (Fsp3) is 0.154. The Morgan fingerprint density at radius 2 is 1.91 bits per heavy atom. The molecule has 0 unspecified atom stereocenters. The lowest BCUT2D eigenvalue weighted by molar-refractivity contribution is 0.282. The number of thiazole rings is 1. The molecule has 5 rings (SSSR count). The number of imidazole rings is 1. The molecule has 0 aliphatic carbocycles. The van der Waals surface area contributed by atoms with Crippen LogP contribution in [-0.2, 0) is 6.61 Å². The Morgan fingerprint density at radius 1 is 1.15 bits per heavy atom. The molecule has 0 saturated heterocycles. The standard InChI is InChI=1S/C26H20BrClN2O3S/c1-14-8-20-21(9-15(14)2)30-25(31)23(34-26(30)29-20)12-16-10-18(27)24(22(11-16)32-3)33-13-17-6-4-5-7-19(17)28/h4-12H,13H2,1-3H3/b23-12+. The first kappa shape index (κ1) is 22.9. The minimum atomic E-state index is -0.0834. The number of aromatic nitrogens is 2. The molecule has 8 heteroatoms. The maximum absolute atomic E-state index is 13.2. The smallest absolute Gasteiger partial charge is 0.274 e. The molecule has 0 fully saturated rings. The lowest BCUT2D eigenvalue weighted by atomic mass is 10.1. The van der Waals surface area contributed by atoms with Gasteiger partial charge in [0.25, 0.3) is 5.56 Å². The Labute approximate surface area is 213 Å². The van der Waals surface area contributed by atoms with E-state index < -0.39 is 0 Å². The normalized spacial score (nSPS) is 12.1. The third kappa shape index (κ3) is 4.08. The molecule has 0 aliphatic rings. The zero-order chi connectivity index (χ0) is 24.0. The van der Waals surface area contributed by atoms with Crippen LogP contribution in [0.15, 0.2) is 57.8 Å². The van der Waals surface area contributed by atoms with E-state index in [2.05, 4.69) is 20.9 Å². The molecule has 0 atom stereocenters. The number of aryl methyl sites for hydroxylation is 2. The first-order chi connectivity index (χ1) is 16.4. The molecule has 0 saturated carbocycles. The maximum Gasteiger partial charge on any atom is 0.274 e. The van der Waals surface area contributed by atoms with Gasteiger partial charge in [0.2, 0.25) is 0 Å².